The Morgan fingerprint density at radius 3 is 2.67 bits per heavy atom. The summed E-state index contributed by atoms with van der Waals surface area (Å²) >= 11 is 0. The fourth-order valence-electron chi connectivity index (χ4n) is 2.63. The highest BCUT2D eigenvalue weighted by Gasteiger charge is 2.21. The Kier molecular flexibility index (Phi) is 5.24. The Labute approximate surface area is 123 Å². The summed E-state index contributed by atoms with van der Waals surface area (Å²) in [5.74, 6) is 4.88. The van der Waals surface area contributed by atoms with Crippen LogP contribution in [0.4, 0.5) is 0 Å². The van der Waals surface area contributed by atoms with Crippen molar-refractivity contribution in [1.29, 1.82) is 0 Å². The fraction of sp³-hybridized carbons (Fsp3) is 0.500. The van der Waals surface area contributed by atoms with E-state index in [0.29, 0.717) is 24.6 Å². The molecular formula is C14H21N5O2. The maximum absolute atomic E-state index is 11.4. The first-order valence-electron chi connectivity index (χ1n) is 7.06. The van der Waals surface area contributed by atoms with E-state index in [1.165, 1.54) is 0 Å². The van der Waals surface area contributed by atoms with Crippen molar-refractivity contribution in [3.8, 4) is 0 Å². The number of likely N-dealkylation sites (tertiary alicyclic amines) is 1. The van der Waals surface area contributed by atoms with Gasteiger partial charge in [-0.15, -0.1) is 0 Å². The van der Waals surface area contributed by atoms with Crippen LogP contribution in [-0.4, -0.2) is 34.8 Å². The Bertz CT molecular complexity index is 512. The summed E-state index contributed by atoms with van der Waals surface area (Å²) in [6, 6.07) is 5.32. The average molecular weight is 291 g/mol. The molecule has 5 N–H and O–H groups in total. The number of nitrogen functional groups attached to an aromatic ring is 1. The molecule has 7 nitrogen and oxygen atoms in total. The summed E-state index contributed by atoms with van der Waals surface area (Å²) in [5.41, 5.74) is 8.46. The zero-order valence-electron chi connectivity index (χ0n) is 11.9. The molecule has 2 heterocycles. The van der Waals surface area contributed by atoms with Crippen molar-refractivity contribution in [2.75, 3.05) is 13.1 Å². The van der Waals surface area contributed by atoms with Crippen LogP contribution in [0.5, 0.6) is 0 Å². The molecule has 1 saturated heterocycles. The van der Waals surface area contributed by atoms with Crippen LogP contribution in [0.2, 0.25) is 0 Å². The number of hydrogen-bond donors (Lipinski definition) is 3. The number of nitrogens with zero attached hydrogens (tertiary/aromatic N) is 2. The van der Waals surface area contributed by atoms with E-state index in [9.17, 15) is 9.59 Å². The van der Waals surface area contributed by atoms with Crippen LogP contribution in [0.3, 0.4) is 0 Å². The maximum Gasteiger partial charge on any atom is 0.283 e. The number of hydrogen-bond acceptors (Lipinski definition) is 5. The van der Waals surface area contributed by atoms with E-state index in [1.807, 2.05) is 6.07 Å². The number of carbonyl (C=O) groups excluding carboxylic acids is 2. The third kappa shape index (κ3) is 4.51. The predicted molar refractivity (Wildman–Crippen MR) is 77.7 cm³/mol. The molecule has 1 aliphatic rings. The van der Waals surface area contributed by atoms with Crippen molar-refractivity contribution < 1.29 is 9.59 Å². The molecule has 0 radical (unpaired) electrons. The molecule has 1 fully saturated rings. The lowest BCUT2D eigenvalue weighted by atomic mass is 9.93. The van der Waals surface area contributed by atoms with E-state index < -0.39 is 5.91 Å². The van der Waals surface area contributed by atoms with Gasteiger partial charge in [0.05, 0.1) is 5.69 Å². The van der Waals surface area contributed by atoms with Crippen molar-refractivity contribution in [2.24, 2.45) is 17.5 Å². The number of primary amides is 1. The lowest BCUT2D eigenvalue weighted by molar-refractivity contribution is -0.119. The Hall–Kier alpha value is -1.99. The highest BCUT2D eigenvalue weighted by Crippen LogP contribution is 2.21. The molecular weight excluding hydrogens is 270 g/mol. The first-order valence-corrected chi connectivity index (χ1v) is 7.06. The first kappa shape index (κ1) is 15.4. The molecule has 0 unspecified atom stereocenters. The summed E-state index contributed by atoms with van der Waals surface area (Å²) < 4.78 is 0. The van der Waals surface area contributed by atoms with Gasteiger partial charge < -0.3 is 5.73 Å². The summed E-state index contributed by atoms with van der Waals surface area (Å²) in [6.45, 7) is 2.51. The molecule has 0 spiro atoms. The van der Waals surface area contributed by atoms with E-state index in [4.69, 9.17) is 11.6 Å². The number of nitrogens with one attached hydrogen (secondary N) is 1. The standard InChI is InChI=1S/C14H21N5O2/c15-13(20)8-10-4-6-19(7-5-10)9-11-2-1-3-12(17-11)14(21)18-16/h1-3,10H,4-9,16H2,(H2,15,20)(H,18,21). The monoisotopic (exact) mass is 291 g/mol. The maximum atomic E-state index is 11.4. The Morgan fingerprint density at radius 2 is 2.05 bits per heavy atom. The van der Waals surface area contributed by atoms with Gasteiger partial charge >= 0.3 is 0 Å². The average Bonchev–Trinajstić information content (AvgIpc) is 2.48. The minimum atomic E-state index is -0.392. The van der Waals surface area contributed by atoms with Gasteiger partial charge in [0, 0.05) is 13.0 Å². The van der Waals surface area contributed by atoms with Crippen molar-refractivity contribution in [3.05, 3.63) is 29.6 Å². The predicted octanol–water partition coefficient (Wildman–Crippen LogP) is -0.227. The van der Waals surface area contributed by atoms with E-state index in [1.54, 1.807) is 12.1 Å². The molecule has 0 aromatic carbocycles. The number of nitrogens with two attached hydrogens (primary N) is 2. The molecule has 0 aliphatic carbocycles. The first-order chi connectivity index (χ1) is 10.1. The van der Waals surface area contributed by atoms with Gasteiger partial charge in [0.2, 0.25) is 5.91 Å². The minimum absolute atomic E-state index is 0.226. The van der Waals surface area contributed by atoms with Crippen LogP contribution >= 0.6 is 0 Å². The van der Waals surface area contributed by atoms with Crippen molar-refractivity contribution >= 4 is 11.8 Å². The molecule has 1 aliphatic heterocycles. The molecule has 1 aromatic heterocycles. The number of hydrazine groups is 1. The van der Waals surface area contributed by atoms with Gasteiger partial charge in [-0.3, -0.25) is 19.9 Å². The van der Waals surface area contributed by atoms with Gasteiger partial charge in [0.15, 0.2) is 0 Å². The van der Waals surface area contributed by atoms with E-state index in [-0.39, 0.29) is 5.91 Å². The zero-order valence-corrected chi connectivity index (χ0v) is 11.9. The van der Waals surface area contributed by atoms with Gasteiger partial charge in [0.25, 0.3) is 5.91 Å². The number of aromatic nitrogens is 1. The molecule has 0 atom stereocenters. The van der Waals surface area contributed by atoms with Crippen molar-refractivity contribution in [1.82, 2.24) is 15.3 Å². The Balaban J connectivity index is 1.89. The second kappa shape index (κ2) is 7.14. The minimum Gasteiger partial charge on any atom is -0.370 e. The normalized spacial score (nSPS) is 16.6. The lowest BCUT2D eigenvalue weighted by Crippen LogP contribution is -2.35. The van der Waals surface area contributed by atoms with Gasteiger partial charge in [-0.1, -0.05) is 6.07 Å². The van der Waals surface area contributed by atoms with Crippen LogP contribution in [0, 0.1) is 5.92 Å². The smallest absolute Gasteiger partial charge is 0.283 e. The largest absolute Gasteiger partial charge is 0.370 e. The van der Waals surface area contributed by atoms with Gasteiger partial charge in [-0.05, 0) is 44.0 Å². The van der Waals surface area contributed by atoms with Gasteiger partial charge in [-0.25, -0.2) is 10.8 Å². The van der Waals surface area contributed by atoms with Crippen LogP contribution in [0.25, 0.3) is 0 Å². The van der Waals surface area contributed by atoms with E-state index in [0.717, 1.165) is 31.6 Å². The van der Waals surface area contributed by atoms with Gasteiger partial charge in [-0.2, -0.15) is 0 Å². The zero-order chi connectivity index (χ0) is 15.2. The number of rotatable bonds is 5. The quantitative estimate of drug-likeness (QED) is 0.394. The molecule has 114 valence electrons. The van der Waals surface area contributed by atoms with Crippen LogP contribution < -0.4 is 17.0 Å². The van der Waals surface area contributed by atoms with E-state index in [2.05, 4.69) is 15.3 Å². The highest BCUT2D eigenvalue weighted by atomic mass is 16.2. The number of pyridine rings is 1. The highest BCUT2D eigenvalue weighted by molar-refractivity contribution is 5.91. The second-order valence-corrected chi connectivity index (χ2v) is 5.38. The number of piperidine rings is 1. The number of amides is 2. The third-order valence-corrected chi connectivity index (χ3v) is 3.75. The molecule has 2 amide bonds. The molecule has 21 heavy (non-hydrogen) atoms. The van der Waals surface area contributed by atoms with Crippen LogP contribution in [-0.2, 0) is 11.3 Å². The Morgan fingerprint density at radius 1 is 1.33 bits per heavy atom. The summed E-state index contributed by atoms with van der Waals surface area (Å²) in [6.07, 6.45) is 2.40. The molecule has 0 bridgehead atoms. The van der Waals surface area contributed by atoms with Crippen molar-refractivity contribution in [3.63, 3.8) is 0 Å². The second-order valence-electron chi connectivity index (χ2n) is 5.38. The van der Waals surface area contributed by atoms with Crippen molar-refractivity contribution in [2.45, 2.75) is 25.8 Å². The fourth-order valence-corrected chi connectivity index (χ4v) is 2.63. The summed E-state index contributed by atoms with van der Waals surface area (Å²) in [5, 5.41) is 0. The third-order valence-electron chi connectivity index (χ3n) is 3.75. The van der Waals surface area contributed by atoms with E-state index >= 15 is 0 Å². The molecule has 2 rings (SSSR count). The summed E-state index contributed by atoms with van der Waals surface area (Å²) in [7, 11) is 0. The van der Waals surface area contributed by atoms with Crippen LogP contribution in [0.15, 0.2) is 18.2 Å². The van der Waals surface area contributed by atoms with Gasteiger partial charge in [0.1, 0.15) is 5.69 Å². The molecule has 0 saturated carbocycles. The molecule has 1 aromatic rings. The topological polar surface area (TPSA) is 114 Å². The van der Waals surface area contributed by atoms with Crippen LogP contribution in [0.1, 0.15) is 35.4 Å². The lowest BCUT2D eigenvalue weighted by Gasteiger charge is -2.31. The SMILES string of the molecule is NNC(=O)c1cccc(CN2CCC(CC(N)=O)CC2)n1. The molecule has 7 heteroatoms. The summed E-state index contributed by atoms with van der Waals surface area (Å²) in [4.78, 5) is 28.9. The number of carbonyl (C=O) groups is 2.